The van der Waals surface area contributed by atoms with Crippen molar-refractivity contribution in [2.75, 3.05) is 17.2 Å². The summed E-state index contributed by atoms with van der Waals surface area (Å²) in [5.41, 5.74) is 10.4. The summed E-state index contributed by atoms with van der Waals surface area (Å²) in [6.45, 7) is 1.88. The van der Waals surface area contributed by atoms with Crippen LogP contribution in [0.2, 0.25) is 4.34 Å². The molecule has 0 radical (unpaired) electrons. The van der Waals surface area contributed by atoms with Crippen LogP contribution < -0.4 is 16.3 Å². The van der Waals surface area contributed by atoms with Crippen molar-refractivity contribution in [2.24, 2.45) is 10.8 Å². The van der Waals surface area contributed by atoms with Gasteiger partial charge in [0.2, 0.25) is 5.13 Å². The van der Waals surface area contributed by atoms with Gasteiger partial charge in [-0.1, -0.05) is 59.3 Å². The van der Waals surface area contributed by atoms with Crippen LogP contribution in [0.1, 0.15) is 23.0 Å². The van der Waals surface area contributed by atoms with E-state index >= 15 is 0 Å². The minimum atomic E-state index is -0.632. The van der Waals surface area contributed by atoms with Crippen LogP contribution in [-0.2, 0) is 4.74 Å². The largest absolute Gasteiger partial charge is 0.461 e. The van der Waals surface area contributed by atoms with Crippen LogP contribution in [0, 0.1) is 10.1 Å². The number of nitrogens with one attached hydrogen (secondary N) is 1. The molecule has 0 unspecified atom stereocenters. The zero-order valence-electron chi connectivity index (χ0n) is 18.3. The molecule has 35 heavy (non-hydrogen) atoms. The predicted octanol–water partition coefficient (Wildman–Crippen LogP) is 5.19. The maximum Gasteiger partial charge on any atom is 0.359 e. The Labute approximate surface area is 208 Å². The summed E-state index contributed by atoms with van der Waals surface area (Å²) >= 11 is 7.26. The third-order valence-electron chi connectivity index (χ3n) is 4.83. The van der Waals surface area contributed by atoms with Crippen LogP contribution in [0.4, 0.5) is 16.5 Å². The zero-order valence-corrected chi connectivity index (χ0v) is 19.9. The van der Waals surface area contributed by atoms with E-state index < -0.39 is 10.9 Å². The first-order valence-electron chi connectivity index (χ1n) is 10.3. The number of amidine groups is 1. The molecule has 0 aliphatic carbocycles. The molecule has 4 rings (SSSR count). The Balaban J connectivity index is 1.75. The van der Waals surface area contributed by atoms with Gasteiger partial charge in [0.25, 0.3) is 5.69 Å². The van der Waals surface area contributed by atoms with Gasteiger partial charge in [0, 0.05) is 23.1 Å². The maximum atomic E-state index is 12.1. The van der Waals surface area contributed by atoms with Crippen molar-refractivity contribution in [1.29, 1.82) is 0 Å². The predicted molar refractivity (Wildman–Crippen MR) is 137 cm³/mol. The van der Waals surface area contributed by atoms with Gasteiger partial charge in [-0.3, -0.25) is 15.5 Å². The number of nitro groups is 1. The van der Waals surface area contributed by atoms with Crippen molar-refractivity contribution in [3.63, 3.8) is 0 Å². The fourth-order valence-corrected chi connectivity index (χ4v) is 4.22. The lowest BCUT2D eigenvalue weighted by Gasteiger charge is -2.22. The van der Waals surface area contributed by atoms with Gasteiger partial charge < -0.3 is 10.5 Å². The van der Waals surface area contributed by atoms with Crippen LogP contribution in [0.5, 0.6) is 0 Å². The highest BCUT2D eigenvalue weighted by atomic mass is 35.5. The molecule has 178 valence electrons. The number of nitrogens with two attached hydrogens (primary N) is 1. The van der Waals surface area contributed by atoms with E-state index in [1.807, 2.05) is 42.5 Å². The number of nitro benzene ring substituents is 1. The number of hydrazone groups is 1. The van der Waals surface area contributed by atoms with Crippen LogP contribution in [0.25, 0.3) is 10.8 Å². The molecule has 0 bridgehead atoms. The first-order chi connectivity index (χ1) is 16.9. The first-order valence-corrected chi connectivity index (χ1v) is 11.5. The van der Waals surface area contributed by atoms with Gasteiger partial charge in [0.15, 0.2) is 11.5 Å². The van der Waals surface area contributed by atoms with Gasteiger partial charge in [-0.2, -0.15) is 5.12 Å². The molecule has 0 spiro atoms. The van der Waals surface area contributed by atoms with Gasteiger partial charge in [0.05, 0.1) is 17.2 Å². The van der Waals surface area contributed by atoms with Crippen molar-refractivity contribution in [3.8, 4) is 0 Å². The molecule has 4 aromatic rings. The Kier molecular flexibility index (Phi) is 7.09. The highest BCUT2D eigenvalue weighted by Crippen LogP contribution is 2.32. The van der Waals surface area contributed by atoms with Crippen LogP contribution in [0.3, 0.4) is 0 Å². The lowest BCUT2D eigenvalue weighted by Crippen LogP contribution is -2.29. The molecule has 1 heterocycles. The molecule has 0 atom stereocenters. The second-order valence-electron chi connectivity index (χ2n) is 7.07. The molecular formula is C23H19ClN6O4S. The number of non-ortho nitro benzene ring substituents is 1. The smallest absolute Gasteiger partial charge is 0.359 e. The van der Waals surface area contributed by atoms with Crippen LogP contribution >= 0.6 is 22.9 Å². The molecular weight excluding hydrogens is 492 g/mol. The summed E-state index contributed by atoms with van der Waals surface area (Å²) in [4.78, 5) is 26.9. The van der Waals surface area contributed by atoms with Crippen molar-refractivity contribution in [3.05, 3.63) is 92.4 Å². The van der Waals surface area contributed by atoms with Gasteiger partial charge in [-0.25, -0.2) is 9.78 Å². The van der Waals surface area contributed by atoms with Gasteiger partial charge in [0.1, 0.15) is 4.34 Å². The summed E-state index contributed by atoms with van der Waals surface area (Å²) < 4.78 is 5.17. The van der Waals surface area contributed by atoms with Crippen LogP contribution in [-0.4, -0.2) is 28.3 Å². The Morgan fingerprint density at radius 2 is 1.91 bits per heavy atom. The number of hydrazine groups is 1. The lowest BCUT2D eigenvalue weighted by molar-refractivity contribution is -0.384. The lowest BCUT2D eigenvalue weighted by atomic mass is 10.1. The van der Waals surface area contributed by atoms with E-state index in [2.05, 4.69) is 15.5 Å². The molecule has 3 aromatic carbocycles. The van der Waals surface area contributed by atoms with Crippen molar-refractivity contribution < 1.29 is 14.5 Å². The minimum absolute atomic E-state index is 0.00814. The number of rotatable bonds is 8. The first kappa shape index (κ1) is 23.9. The van der Waals surface area contributed by atoms with Gasteiger partial charge in [-0.15, -0.1) is 5.10 Å². The monoisotopic (exact) mass is 510 g/mol. The highest BCUT2D eigenvalue weighted by molar-refractivity contribution is 7.19. The SMILES string of the molecule is CCOC(=O)c1nc(NN(/N=C(\N)c2ccc([N+](=O)[O-])cc2)c2cccc3ccccc23)sc1Cl. The molecule has 0 amide bonds. The Bertz CT molecular complexity index is 1420. The number of benzene rings is 3. The van der Waals surface area contributed by atoms with E-state index in [9.17, 15) is 14.9 Å². The maximum absolute atomic E-state index is 12.1. The average Bonchev–Trinajstić information content (AvgIpc) is 3.23. The Morgan fingerprint density at radius 1 is 1.20 bits per heavy atom. The average molecular weight is 511 g/mol. The fourth-order valence-electron chi connectivity index (χ4n) is 3.22. The Morgan fingerprint density at radius 3 is 2.63 bits per heavy atom. The quantitative estimate of drug-likeness (QED) is 0.109. The number of halogens is 1. The molecule has 1 aromatic heterocycles. The van der Waals surface area contributed by atoms with Crippen LogP contribution in [0.15, 0.2) is 71.8 Å². The number of hydrogen-bond donors (Lipinski definition) is 2. The molecule has 0 aliphatic rings. The number of carbonyl (C=O) groups is 1. The summed E-state index contributed by atoms with van der Waals surface area (Å²) in [5.74, 6) is -0.541. The van der Waals surface area contributed by atoms with E-state index in [0.29, 0.717) is 11.3 Å². The summed E-state index contributed by atoms with van der Waals surface area (Å²) in [6, 6.07) is 19.1. The van der Waals surface area contributed by atoms with Gasteiger partial charge in [-0.05, 0) is 30.5 Å². The molecule has 3 N–H and O–H groups in total. The number of fused-ring (bicyclic) bond motifs is 1. The zero-order chi connectivity index (χ0) is 24.9. The van der Waals surface area contributed by atoms with E-state index in [0.717, 1.165) is 22.1 Å². The number of aromatic nitrogens is 1. The second kappa shape index (κ2) is 10.4. The molecule has 0 fully saturated rings. The standard InChI is InChI=1S/C23H19ClN6O4S/c1-2-34-22(31)19-20(24)35-23(26-19)28-29(18-9-5-7-14-6-3-4-8-17(14)18)27-21(25)15-10-12-16(13-11-15)30(32)33/h3-13H,2H2,1H3,(H2,25,27)(H,26,28). The van der Waals surface area contributed by atoms with Crippen molar-refractivity contribution >= 4 is 62.0 Å². The third-order valence-corrected chi connectivity index (χ3v) is 5.99. The van der Waals surface area contributed by atoms with E-state index in [1.165, 1.54) is 29.4 Å². The Hall–Kier alpha value is -4.22. The van der Waals surface area contributed by atoms with E-state index in [-0.39, 0.29) is 33.3 Å². The number of carbonyl (C=O) groups excluding carboxylic acids is 1. The number of esters is 1. The second-order valence-corrected chi connectivity index (χ2v) is 8.67. The molecule has 0 aliphatic heterocycles. The number of anilines is 2. The molecule has 0 saturated carbocycles. The molecule has 12 heteroatoms. The number of thiazole rings is 1. The highest BCUT2D eigenvalue weighted by Gasteiger charge is 2.20. The van der Waals surface area contributed by atoms with E-state index in [4.69, 9.17) is 22.1 Å². The molecule has 0 saturated heterocycles. The number of ether oxygens (including phenoxy) is 1. The van der Waals surface area contributed by atoms with Gasteiger partial charge >= 0.3 is 5.97 Å². The van der Waals surface area contributed by atoms with Crippen molar-refractivity contribution in [2.45, 2.75) is 6.92 Å². The van der Waals surface area contributed by atoms with E-state index in [1.54, 1.807) is 6.92 Å². The molecule has 10 nitrogen and oxygen atoms in total. The number of nitrogens with zero attached hydrogens (tertiary/aromatic N) is 4. The summed E-state index contributed by atoms with van der Waals surface area (Å²) in [7, 11) is 0. The van der Waals surface area contributed by atoms with Crippen molar-refractivity contribution in [1.82, 2.24) is 4.98 Å². The normalized spacial score (nSPS) is 11.3. The topological polar surface area (TPSA) is 136 Å². The fraction of sp³-hybridized carbons (Fsp3) is 0.0870. The summed E-state index contributed by atoms with van der Waals surface area (Å²) in [5, 5.41) is 19.0. The summed E-state index contributed by atoms with van der Waals surface area (Å²) in [6.07, 6.45) is 0. The minimum Gasteiger partial charge on any atom is -0.461 e. The third kappa shape index (κ3) is 5.31. The number of hydrogen-bond acceptors (Lipinski definition) is 9.